The summed E-state index contributed by atoms with van der Waals surface area (Å²) in [6, 6.07) is 6.36. The first-order chi connectivity index (χ1) is 12.0. The highest BCUT2D eigenvalue weighted by atomic mass is 79.9. The van der Waals surface area contributed by atoms with Crippen molar-refractivity contribution in [3.63, 3.8) is 0 Å². The fourth-order valence-electron chi connectivity index (χ4n) is 2.17. The van der Waals surface area contributed by atoms with Crippen LogP contribution in [0.15, 0.2) is 22.7 Å². The molecule has 1 rings (SSSR count). The molecule has 0 aliphatic heterocycles. The summed E-state index contributed by atoms with van der Waals surface area (Å²) in [6.07, 6.45) is 4.57. The second-order valence-electron chi connectivity index (χ2n) is 5.89. The van der Waals surface area contributed by atoms with E-state index in [1.54, 1.807) is 0 Å². The van der Waals surface area contributed by atoms with Gasteiger partial charge in [-0.25, -0.2) is 0 Å². The van der Waals surface area contributed by atoms with Gasteiger partial charge in [-0.3, -0.25) is 0 Å². The van der Waals surface area contributed by atoms with E-state index in [9.17, 15) is 0 Å². The first kappa shape index (κ1) is 22.1. The first-order valence-corrected chi connectivity index (χ1v) is 10.5. The summed E-state index contributed by atoms with van der Waals surface area (Å²) in [5.41, 5.74) is 2.35. The van der Waals surface area contributed by atoms with Crippen molar-refractivity contribution in [2.24, 2.45) is 0 Å². The van der Waals surface area contributed by atoms with Crippen molar-refractivity contribution in [1.29, 1.82) is 0 Å². The average Bonchev–Trinajstić information content (AvgIpc) is 2.58. The van der Waals surface area contributed by atoms with E-state index in [4.69, 9.17) is 24.4 Å². The Morgan fingerprint density at radius 2 is 1.24 bits per heavy atom. The molecular weight excluding hydrogens is 416 g/mol. The summed E-state index contributed by atoms with van der Waals surface area (Å²) in [4.78, 5) is 0. The number of hydrogen-bond donors (Lipinski definition) is 4. The molecule has 4 nitrogen and oxygen atoms in total. The molecule has 140 valence electrons. The second-order valence-corrected chi connectivity index (χ2v) is 7.63. The lowest BCUT2D eigenvalue weighted by atomic mass is 10.1. The Hall–Kier alpha value is -0.920. The van der Waals surface area contributed by atoms with Crippen LogP contribution in [-0.2, 0) is 13.1 Å². The molecule has 0 unspecified atom stereocenters. The van der Waals surface area contributed by atoms with Crippen molar-refractivity contribution in [3.8, 4) is 0 Å². The molecule has 0 aliphatic carbocycles. The molecule has 0 amide bonds. The smallest absolute Gasteiger partial charge is 0.166 e. The summed E-state index contributed by atoms with van der Waals surface area (Å²) >= 11 is 14.2. The van der Waals surface area contributed by atoms with Crippen LogP contribution in [0.5, 0.6) is 0 Å². The highest BCUT2D eigenvalue weighted by Crippen LogP contribution is 2.16. The van der Waals surface area contributed by atoms with E-state index in [1.165, 1.54) is 11.1 Å². The van der Waals surface area contributed by atoms with E-state index in [-0.39, 0.29) is 0 Å². The molecule has 0 atom stereocenters. The van der Waals surface area contributed by atoms with Gasteiger partial charge in [0.15, 0.2) is 10.2 Å². The number of halogens is 1. The van der Waals surface area contributed by atoms with Crippen molar-refractivity contribution in [2.75, 3.05) is 13.1 Å². The fraction of sp³-hybridized carbons (Fsp3) is 0.556. The van der Waals surface area contributed by atoms with Crippen molar-refractivity contribution >= 4 is 50.6 Å². The number of benzene rings is 1. The SMILES string of the molecule is CCCCNC(=S)NCc1cc(Br)cc(CNC(=S)NCCCC)c1. The normalized spacial score (nSPS) is 10.2. The van der Waals surface area contributed by atoms with Crippen molar-refractivity contribution < 1.29 is 0 Å². The van der Waals surface area contributed by atoms with E-state index in [1.807, 2.05) is 0 Å². The van der Waals surface area contributed by atoms with E-state index in [2.05, 4.69) is 69.2 Å². The van der Waals surface area contributed by atoms with Crippen LogP contribution in [-0.4, -0.2) is 23.3 Å². The van der Waals surface area contributed by atoms with Gasteiger partial charge < -0.3 is 21.3 Å². The highest BCUT2D eigenvalue weighted by molar-refractivity contribution is 9.10. The maximum absolute atomic E-state index is 5.30. The maximum Gasteiger partial charge on any atom is 0.166 e. The minimum Gasteiger partial charge on any atom is -0.363 e. The third-order valence-electron chi connectivity index (χ3n) is 3.56. The van der Waals surface area contributed by atoms with Crippen LogP contribution in [0.25, 0.3) is 0 Å². The predicted molar refractivity (Wildman–Crippen MR) is 119 cm³/mol. The minimum absolute atomic E-state index is 0.698. The Morgan fingerprint density at radius 1 is 0.800 bits per heavy atom. The van der Waals surface area contributed by atoms with Crippen LogP contribution < -0.4 is 21.3 Å². The second kappa shape index (κ2) is 13.3. The van der Waals surface area contributed by atoms with Crippen LogP contribution in [0.3, 0.4) is 0 Å². The van der Waals surface area contributed by atoms with E-state index < -0.39 is 0 Å². The van der Waals surface area contributed by atoms with E-state index in [0.717, 1.165) is 43.2 Å². The lowest BCUT2D eigenvalue weighted by Crippen LogP contribution is -2.35. The lowest BCUT2D eigenvalue weighted by molar-refractivity contribution is 0.736. The molecule has 0 saturated carbocycles. The highest BCUT2D eigenvalue weighted by Gasteiger charge is 2.03. The molecule has 25 heavy (non-hydrogen) atoms. The molecule has 0 saturated heterocycles. The van der Waals surface area contributed by atoms with Crippen LogP contribution in [0.4, 0.5) is 0 Å². The number of unbranched alkanes of at least 4 members (excludes halogenated alkanes) is 2. The monoisotopic (exact) mass is 444 g/mol. The zero-order valence-corrected chi connectivity index (χ0v) is 18.3. The molecule has 7 heteroatoms. The van der Waals surface area contributed by atoms with Gasteiger partial charge in [0.2, 0.25) is 0 Å². The Balaban J connectivity index is 2.44. The molecule has 0 spiro atoms. The van der Waals surface area contributed by atoms with Gasteiger partial charge in [0.1, 0.15) is 0 Å². The molecule has 1 aromatic rings. The minimum atomic E-state index is 0.698. The number of hydrogen-bond acceptors (Lipinski definition) is 2. The van der Waals surface area contributed by atoms with Gasteiger partial charge in [-0.05, 0) is 60.5 Å². The topological polar surface area (TPSA) is 48.1 Å². The van der Waals surface area contributed by atoms with Gasteiger partial charge in [-0.15, -0.1) is 0 Å². The van der Waals surface area contributed by atoms with Gasteiger partial charge in [-0.2, -0.15) is 0 Å². The largest absolute Gasteiger partial charge is 0.363 e. The Morgan fingerprint density at radius 3 is 1.64 bits per heavy atom. The standard InChI is InChI=1S/C18H29BrN4S2/c1-3-5-7-20-17(24)22-12-14-9-15(11-16(19)10-14)13-23-18(25)21-8-6-4-2/h9-11H,3-8,12-13H2,1-2H3,(H2,20,22,24)(H2,21,23,25). The molecule has 4 N–H and O–H groups in total. The summed E-state index contributed by atoms with van der Waals surface area (Å²) < 4.78 is 1.05. The van der Waals surface area contributed by atoms with Gasteiger partial charge in [0.05, 0.1) is 0 Å². The molecule has 0 fully saturated rings. The lowest BCUT2D eigenvalue weighted by Gasteiger charge is -2.13. The zero-order chi connectivity index (χ0) is 18.5. The maximum atomic E-state index is 5.30. The molecule has 1 aromatic carbocycles. The Kier molecular flexibility index (Phi) is 11.8. The summed E-state index contributed by atoms with van der Waals surface area (Å²) in [7, 11) is 0. The Labute approximate surface area is 171 Å². The number of thiocarbonyl (C=S) groups is 2. The fourth-order valence-corrected chi connectivity index (χ4v) is 3.11. The van der Waals surface area contributed by atoms with Crippen LogP contribution in [0.1, 0.15) is 50.7 Å². The average molecular weight is 445 g/mol. The third kappa shape index (κ3) is 10.6. The van der Waals surface area contributed by atoms with Crippen molar-refractivity contribution in [2.45, 2.75) is 52.6 Å². The van der Waals surface area contributed by atoms with Crippen LogP contribution >= 0.6 is 40.4 Å². The first-order valence-electron chi connectivity index (χ1n) is 8.86. The molecule has 0 bridgehead atoms. The number of rotatable bonds is 10. The molecule has 0 heterocycles. The van der Waals surface area contributed by atoms with E-state index >= 15 is 0 Å². The third-order valence-corrected chi connectivity index (χ3v) is 4.59. The van der Waals surface area contributed by atoms with Crippen molar-refractivity contribution in [1.82, 2.24) is 21.3 Å². The van der Waals surface area contributed by atoms with E-state index in [0.29, 0.717) is 23.3 Å². The van der Waals surface area contributed by atoms with Gasteiger partial charge in [0.25, 0.3) is 0 Å². The molecule has 0 radical (unpaired) electrons. The Bertz CT molecular complexity index is 508. The molecular formula is C18H29BrN4S2. The molecule has 0 aliphatic rings. The van der Waals surface area contributed by atoms with Gasteiger partial charge >= 0.3 is 0 Å². The van der Waals surface area contributed by atoms with Crippen LogP contribution in [0, 0.1) is 0 Å². The van der Waals surface area contributed by atoms with Crippen LogP contribution in [0.2, 0.25) is 0 Å². The number of nitrogens with one attached hydrogen (secondary N) is 4. The molecule has 0 aromatic heterocycles. The van der Waals surface area contributed by atoms with Crippen molar-refractivity contribution in [3.05, 3.63) is 33.8 Å². The summed E-state index contributed by atoms with van der Waals surface area (Å²) in [6.45, 7) is 7.56. The quantitative estimate of drug-likeness (QED) is 0.323. The van der Waals surface area contributed by atoms with Gasteiger partial charge in [-0.1, -0.05) is 48.7 Å². The predicted octanol–water partition coefficient (Wildman–Crippen LogP) is 3.98. The zero-order valence-electron chi connectivity index (χ0n) is 15.1. The van der Waals surface area contributed by atoms with Gasteiger partial charge in [0, 0.05) is 30.7 Å². The summed E-state index contributed by atoms with van der Waals surface area (Å²) in [5, 5.41) is 14.3. The summed E-state index contributed by atoms with van der Waals surface area (Å²) in [5.74, 6) is 0.